The average Bonchev–Trinajstić information content (AvgIpc) is 2.38. The number of Topliss-reactive ketones (excluding diaryl/α,β-unsaturated/α-hetero) is 1. The number of aromatic nitrogens is 2. The van der Waals surface area contributed by atoms with Gasteiger partial charge in [-0.15, -0.1) is 0 Å². The van der Waals surface area contributed by atoms with Gasteiger partial charge >= 0.3 is 0 Å². The van der Waals surface area contributed by atoms with Crippen LogP contribution in [0.1, 0.15) is 31.2 Å². The Labute approximate surface area is 101 Å². The van der Waals surface area contributed by atoms with Gasteiger partial charge in [-0.25, -0.2) is 9.97 Å². The number of hydrogen-bond donors (Lipinski definition) is 1. The topological polar surface area (TPSA) is 64.1 Å². The summed E-state index contributed by atoms with van der Waals surface area (Å²) < 4.78 is 5.32. The molecule has 1 N–H and O–H groups in total. The fraction of sp³-hybridized carbons (Fsp3) is 0.583. The molecule has 2 heterocycles. The molecule has 1 aliphatic rings. The average molecular weight is 235 g/mol. The Kier molecular flexibility index (Phi) is 4.03. The van der Waals surface area contributed by atoms with Gasteiger partial charge < -0.3 is 10.1 Å². The highest BCUT2D eigenvalue weighted by molar-refractivity contribution is 5.79. The van der Waals surface area contributed by atoms with Gasteiger partial charge in [0, 0.05) is 25.6 Å². The SMILES string of the molecule is CC(=O)CNc1ncc(C2CCOCC2)cn1. The third-order valence-corrected chi connectivity index (χ3v) is 2.86. The molecule has 1 fully saturated rings. The Hall–Kier alpha value is -1.49. The van der Waals surface area contributed by atoms with E-state index in [-0.39, 0.29) is 12.3 Å². The van der Waals surface area contributed by atoms with E-state index >= 15 is 0 Å². The summed E-state index contributed by atoms with van der Waals surface area (Å²) in [6, 6.07) is 0. The van der Waals surface area contributed by atoms with Crippen molar-refractivity contribution >= 4 is 11.7 Å². The van der Waals surface area contributed by atoms with E-state index in [0.717, 1.165) is 31.6 Å². The molecular weight excluding hydrogens is 218 g/mol. The third kappa shape index (κ3) is 3.49. The molecule has 0 unspecified atom stereocenters. The van der Waals surface area contributed by atoms with Gasteiger partial charge in [0.15, 0.2) is 0 Å². The van der Waals surface area contributed by atoms with E-state index < -0.39 is 0 Å². The minimum Gasteiger partial charge on any atom is -0.381 e. The van der Waals surface area contributed by atoms with Crippen molar-refractivity contribution in [2.75, 3.05) is 25.1 Å². The van der Waals surface area contributed by atoms with Crippen LogP contribution in [0.5, 0.6) is 0 Å². The van der Waals surface area contributed by atoms with Crippen molar-refractivity contribution in [1.82, 2.24) is 9.97 Å². The molecule has 0 atom stereocenters. The molecule has 0 aromatic carbocycles. The quantitative estimate of drug-likeness (QED) is 0.854. The first kappa shape index (κ1) is 12.0. The summed E-state index contributed by atoms with van der Waals surface area (Å²) in [5, 5.41) is 2.88. The molecular formula is C12H17N3O2. The van der Waals surface area contributed by atoms with Crippen LogP contribution >= 0.6 is 0 Å². The Balaban J connectivity index is 1.94. The molecule has 1 aromatic heterocycles. The van der Waals surface area contributed by atoms with Gasteiger partial charge in [-0.3, -0.25) is 4.79 Å². The lowest BCUT2D eigenvalue weighted by molar-refractivity contribution is -0.115. The summed E-state index contributed by atoms with van der Waals surface area (Å²) in [5.41, 5.74) is 1.15. The number of nitrogens with zero attached hydrogens (tertiary/aromatic N) is 2. The minimum atomic E-state index is 0.0714. The van der Waals surface area contributed by atoms with Crippen LogP contribution in [-0.4, -0.2) is 35.5 Å². The first-order valence-corrected chi connectivity index (χ1v) is 5.88. The molecule has 0 spiro atoms. The molecule has 2 rings (SSSR count). The smallest absolute Gasteiger partial charge is 0.222 e. The second-order valence-electron chi connectivity index (χ2n) is 4.28. The lowest BCUT2D eigenvalue weighted by Crippen LogP contribution is -2.15. The summed E-state index contributed by atoms with van der Waals surface area (Å²) in [6.45, 7) is 3.43. The number of carbonyl (C=O) groups is 1. The van der Waals surface area contributed by atoms with E-state index in [1.54, 1.807) is 0 Å². The molecule has 0 aliphatic carbocycles. The van der Waals surface area contributed by atoms with E-state index in [0.29, 0.717) is 11.9 Å². The number of ether oxygens (including phenoxy) is 1. The highest BCUT2D eigenvalue weighted by Crippen LogP contribution is 2.25. The zero-order chi connectivity index (χ0) is 12.1. The number of anilines is 1. The van der Waals surface area contributed by atoms with Crippen molar-refractivity contribution < 1.29 is 9.53 Å². The fourth-order valence-electron chi connectivity index (χ4n) is 1.87. The van der Waals surface area contributed by atoms with Crippen molar-refractivity contribution in [2.45, 2.75) is 25.7 Å². The first-order valence-electron chi connectivity index (χ1n) is 5.88. The first-order chi connectivity index (χ1) is 8.25. The van der Waals surface area contributed by atoms with Gasteiger partial charge in [-0.2, -0.15) is 0 Å². The highest BCUT2D eigenvalue weighted by Gasteiger charge is 2.16. The molecule has 5 heteroatoms. The van der Waals surface area contributed by atoms with Crippen molar-refractivity contribution in [3.05, 3.63) is 18.0 Å². The number of hydrogen-bond acceptors (Lipinski definition) is 5. The maximum absolute atomic E-state index is 10.8. The second kappa shape index (κ2) is 5.72. The highest BCUT2D eigenvalue weighted by atomic mass is 16.5. The van der Waals surface area contributed by atoms with E-state index in [1.165, 1.54) is 6.92 Å². The van der Waals surface area contributed by atoms with E-state index in [1.807, 2.05) is 12.4 Å². The van der Waals surface area contributed by atoms with Crippen molar-refractivity contribution in [3.8, 4) is 0 Å². The molecule has 1 aromatic rings. The monoisotopic (exact) mass is 235 g/mol. The summed E-state index contributed by atoms with van der Waals surface area (Å²) in [4.78, 5) is 19.2. The summed E-state index contributed by atoms with van der Waals surface area (Å²) in [5.74, 6) is 1.09. The molecule has 0 amide bonds. The van der Waals surface area contributed by atoms with E-state index in [2.05, 4.69) is 15.3 Å². The van der Waals surface area contributed by atoms with Crippen LogP contribution in [0.4, 0.5) is 5.95 Å². The normalized spacial score (nSPS) is 16.8. The molecule has 5 nitrogen and oxygen atoms in total. The van der Waals surface area contributed by atoms with Gasteiger partial charge in [0.25, 0.3) is 0 Å². The molecule has 0 saturated carbocycles. The van der Waals surface area contributed by atoms with Crippen LogP contribution in [0, 0.1) is 0 Å². The minimum absolute atomic E-state index is 0.0714. The van der Waals surface area contributed by atoms with Crippen LogP contribution < -0.4 is 5.32 Å². The summed E-state index contributed by atoms with van der Waals surface area (Å²) >= 11 is 0. The van der Waals surface area contributed by atoms with Gasteiger partial charge in [0.2, 0.25) is 5.95 Å². The Morgan fingerprint density at radius 3 is 2.65 bits per heavy atom. The maximum atomic E-state index is 10.8. The van der Waals surface area contributed by atoms with Crippen LogP contribution in [0.25, 0.3) is 0 Å². The summed E-state index contributed by atoms with van der Waals surface area (Å²) in [6.07, 6.45) is 5.74. The van der Waals surface area contributed by atoms with Crippen molar-refractivity contribution in [3.63, 3.8) is 0 Å². The molecule has 1 saturated heterocycles. The Morgan fingerprint density at radius 1 is 1.41 bits per heavy atom. The lowest BCUT2D eigenvalue weighted by Gasteiger charge is -2.21. The van der Waals surface area contributed by atoms with Gasteiger partial charge in [-0.1, -0.05) is 0 Å². The largest absolute Gasteiger partial charge is 0.381 e. The predicted octanol–water partition coefficient (Wildman–Crippen LogP) is 1.37. The molecule has 17 heavy (non-hydrogen) atoms. The molecule has 0 radical (unpaired) electrons. The standard InChI is InChI=1S/C12H17N3O2/c1-9(16)6-13-12-14-7-11(8-15-12)10-2-4-17-5-3-10/h7-8,10H,2-6H2,1H3,(H,13,14,15). The van der Waals surface area contributed by atoms with Crippen LogP contribution in [0.3, 0.4) is 0 Å². The number of rotatable bonds is 4. The lowest BCUT2D eigenvalue weighted by atomic mass is 9.94. The maximum Gasteiger partial charge on any atom is 0.222 e. The van der Waals surface area contributed by atoms with Gasteiger partial charge in [0.1, 0.15) is 5.78 Å². The second-order valence-corrected chi connectivity index (χ2v) is 4.28. The fourth-order valence-corrected chi connectivity index (χ4v) is 1.87. The van der Waals surface area contributed by atoms with Crippen LogP contribution in [-0.2, 0) is 9.53 Å². The number of ketones is 1. The van der Waals surface area contributed by atoms with Crippen LogP contribution in [0.15, 0.2) is 12.4 Å². The molecule has 92 valence electrons. The van der Waals surface area contributed by atoms with Crippen molar-refractivity contribution in [1.29, 1.82) is 0 Å². The number of nitrogens with one attached hydrogen (secondary N) is 1. The Morgan fingerprint density at radius 2 is 2.06 bits per heavy atom. The zero-order valence-electron chi connectivity index (χ0n) is 9.98. The third-order valence-electron chi connectivity index (χ3n) is 2.86. The Bertz CT molecular complexity index is 372. The zero-order valence-corrected chi connectivity index (χ0v) is 9.98. The van der Waals surface area contributed by atoms with Gasteiger partial charge in [-0.05, 0) is 31.2 Å². The number of carbonyl (C=O) groups excluding carboxylic acids is 1. The predicted molar refractivity (Wildman–Crippen MR) is 64.0 cm³/mol. The molecule has 0 bridgehead atoms. The van der Waals surface area contributed by atoms with Gasteiger partial charge in [0.05, 0.1) is 6.54 Å². The van der Waals surface area contributed by atoms with E-state index in [4.69, 9.17) is 4.74 Å². The summed E-state index contributed by atoms with van der Waals surface area (Å²) in [7, 11) is 0. The molecule has 1 aliphatic heterocycles. The van der Waals surface area contributed by atoms with Crippen LogP contribution in [0.2, 0.25) is 0 Å². The van der Waals surface area contributed by atoms with Crippen molar-refractivity contribution in [2.24, 2.45) is 0 Å². The van der Waals surface area contributed by atoms with E-state index in [9.17, 15) is 4.79 Å².